The lowest BCUT2D eigenvalue weighted by atomic mass is 9.95. The molecule has 2 unspecified atom stereocenters. The number of benzene rings is 2. The van der Waals surface area contributed by atoms with Crippen LogP contribution in [0.2, 0.25) is 0 Å². The van der Waals surface area contributed by atoms with Crippen LogP contribution in [0.3, 0.4) is 0 Å². The quantitative estimate of drug-likeness (QED) is 0.568. The van der Waals surface area contributed by atoms with Gasteiger partial charge in [0.25, 0.3) is 0 Å². The van der Waals surface area contributed by atoms with Gasteiger partial charge in [0.1, 0.15) is 0 Å². The molecule has 0 aromatic heterocycles. The summed E-state index contributed by atoms with van der Waals surface area (Å²) in [4.78, 5) is 1.64. The van der Waals surface area contributed by atoms with Crippen molar-refractivity contribution < 1.29 is 8.42 Å². The fraction of sp³-hybridized carbons (Fsp3) is 0.429. The van der Waals surface area contributed by atoms with Gasteiger partial charge in [-0.2, -0.15) is 0 Å². The van der Waals surface area contributed by atoms with Gasteiger partial charge in [0.15, 0.2) is 9.84 Å². The van der Waals surface area contributed by atoms with Crippen LogP contribution in [0.4, 0.5) is 0 Å². The first kappa shape index (κ1) is 20.1. The van der Waals surface area contributed by atoms with Crippen molar-refractivity contribution in [2.75, 3.05) is 11.5 Å². The summed E-state index contributed by atoms with van der Waals surface area (Å²) >= 11 is 1.75. The number of hydrogen-bond donors (Lipinski definition) is 0. The van der Waals surface area contributed by atoms with Crippen LogP contribution >= 0.6 is 11.8 Å². The molecule has 0 aliphatic rings. The Morgan fingerprint density at radius 2 is 1.44 bits per heavy atom. The van der Waals surface area contributed by atoms with E-state index in [0.29, 0.717) is 10.8 Å². The normalized spacial score (nSPS) is 14.2. The predicted octanol–water partition coefficient (Wildman–Crippen LogP) is 5.53. The largest absolute Gasteiger partial charge is 0.224 e. The molecule has 0 amide bonds. The van der Waals surface area contributed by atoms with Crippen molar-refractivity contribution in [1.82, 2.24) is 0 Å². The summed E-state index contributed by atoms with van der Waals surface area (Å²) in [7, 11) is -3.26. The fourth-order valence-electron chi connectivity index (χ4n) is 2.67. The van der Waals surface area contributed by atoms with Crippen molar-refractivity contribution in [2.24, 2.45) is 11.8 Å². The zero-order chi connectivity index (χ0) is 18.4. The summed E-state index contributed by atoms with van der Waals surface area (Å²) in [6.07, 6.45) is 0.989. The molecule has 0 bridgehead atoms. The molecule has 0 heterocycles. The molecule has 0 radical (unpaired) electrons. The molecule has 2 nitrogen and oxygen atoms in total. The average molecular weight is 377 g/mol. The summed E-state index contributed by atoms with van der Waals surface area (Å²) in [5, 5.41) is 0. The minimum atomic E-state index is -3.26. The van der Waals surface area contributed by atoms with Crippen LogP contribution in [0.5, 0.6) is 0 Å². The third-order valence-corrected chi connectivity index (χ3v) is 7.81. The lowest BCUT2D eigenvalue weighted by Gasteiger charge is -2.22. The Labute approximate surface area is 157 Å². The molecule has 2 aromatic rings. The van der Waals surface area contributed by atoms with Crippen LogP contribution in [0.1, 0.15) is 31.4 Å². The highest BCUT2D eigenvalue weighted by Gasteiger charge is 2.25. The minimum Gasteiger partial charge on any atom is -0.224 e. The van der Waals surface area contributed by atoms with Crippen LogP contribution in [0, 0.1) is 25.7 Å². The number of aryl methyl sites for hydroxylation is 2. The highest BCUT2D eigenvalue weighted by atomic mass is 32.2. The Morgan fingerprint density at radius 3 is 1.96 bits per heavy atom. The molecule has 0 spiro atoms. The lowest BCUT2D eigenvalue weighted by Crippen LogP contribution is -2.24. The summed E-state index contributed by atoms with van der Waals surface area (Å²) in [6, 6.07) is 15.6. The second-order valence-corrected chi connectivity index (χ2v) is 9.99. The number of sulfone groups is 1. The molecular weight excluding hydrogens is 348 g/mol. The summed E-state index contributed by atoms with van der Waals surface area (Å²) in [5.41, 5.74) is 2.32. The van der Waals surface area contributed by atoms with Gasteiger partial charge in [-0.15, -0.1) is 11.8 Å². The standard InChI is InChI=1S/C21H28O2S2/c1-5-18(4)19(14-24-20-10-6-16(2)7-11-20)15-25(22,23)21-12-8-17(3)9-13-21/h6-13,18-19H,5,14-15H2,1-4H3. The summed E-state index contributed by atoms with van der Waals surface area (Å²) in [6.45, 7) is 8.33. The number of hydrogen-bond acceptors (Lipinski definition) is 3. The van der Waals surface area contributed by atoms with Crippen LogP contribution in [-0.4, -0.2) is 19.9 Å². The molecule has 0 aliphatic carbocycles. The van der Waals surface area contributed by atoms with E-state index in [9.17, 15) is 8.42 Å². The van der Waals surface area contributed by atoms with Crippen LogP contribution in [-0.2, 0) is 9.84 Å². The number of thioether (sulfide) groups is 1. The van der Waals surface area contributed by atoms with Gasteiger partial charge in [-0.25, -0.2) is 8.42 Å². The maximum Gasteiger partial charge on any atom is 0.178 e. The van der Waals surface area contributed by atoms with E-state index in [-0.39, 0.29) is 11.7 Å². The minimum absolute atomic E-state index is 0.141. The highest BCUT2D eigenvalue weighted by Crippen LogP contribution is 2.28. The van der Waals surface area contributed by atoms with Crippen LogP contribution in [0.15, 0.2) is 58.3 Å². The second kappa shape index (κ2) is 8.91. The van der Waals surface area contributed by atoms with Gasteiger partial charge in [-0.3, -0.25) is 0 Å². The lowest BCUT2D eigenvalue weighted by molar-refractivity contribution is 0.412. The molecule has 136 valence electrons. The SMILES string of the molecule is CCC(C)C(CSc1ccc(C)cc1)CS(=O)(=O)c1ccc(C)cc1. The first-order valence-electron chi connectivity index (χ1n) is 8.80. The van der Waals surface area contributed by atoms with Gasteiger partial charge < -0.3 is 0 Å². The average Bonchev–Trinajstić information content (AvgIpc) is 2.59. The van der Waals surface area contributed by atoms with Crippen molar-refractivity contribution >= 4 is 21.6 Å². The Hall–Kier alpha value is -1.26. The highest BCUT2D eigenvalue weighted by molar-refractivity contribution is 7.99. The molecule has 25 heavy (non-hydrogen) atoms. The predicted molar refractivity (Wildman–Crippen MR) is 108 cm³/mol. The Morgan fingerprint density at radius 1 is 0.920 bits per heavy atom. The Kier molecular flexibility index (Phi) is 7.14. The van der Waals surface area contributed by atoms with Gasteiger partial charge in [0.2, 0.25) is 0 Å². The van der Waals surface area contributed by atoms with Crippen molar-refractivity contribution in [3.63, 3.8) is 0 Å². The molecule has 2 atom stereocenters. The zero-order valence-corrected chi connectivity index (χ0v) is 17.2. The van der Waals surface area contributed by atoms with Crippen molar-refractivity contribution in [3.05, 3.63) is 59.7 Å². The van der Waals surface area contributed by atoms with E-state index in [1.807, 2.05) is 19.1 Å². The van der Waals surface area contributed by atoms with E-state index < -0.39 is 9.84 Å². The zero-order valence-electron chi connectivity index (χ0n) is 15.5. The van der Waals surface area contributed by atoms with E-state index >= 15 is 0 Å². The molecule has 0 N–H and O–H groups in total. The Bertz CT molecular complexity index is 763. The summed E-state index contributed by atoms with van der Waals surface area (Å²) in [5.74, 6) is 1.55. The maximum absolute atomic E-state index is 12.8. The Balaban J connectivity index is 2.11. The summed E-state index contributed by atoms with van der Waals surface area (Å²) < 4.78 is 25.6. The topological polar surface area (TPSA) is 34.1 Å². The molecule has 0 saturated heterocycles. The van der Waals surface area contributed by atoms with Crippen molar-refractivity contribution in [1.29, 1.82) is 0 Å². The van der Waals surface area contributed by atoms with Crippen LogP contribution in [0.25, 0.3) is 0 Å². The monoisotopic (exact) mass is 376 g/mol. The van der Waals surface area contributed by atoms with Gasteiger partial charge in [0.05, 0.1) is 10.6 Å². The van der Waals surface area contributed by atoms with E-state index in [2.05, 4.69) is 45.0 Å². The van der Waals surface area contributed by atoms with Gasteiger partial charge in [-0.05, 0) is 49.9 Å². The molecule has 0 saturated carbocycles. The molecule has 2 aromatic carbocycles. The van der Waals surface area contributed by atoms with E-state index in [1.54, 1.807) is 23.9 Å². The first-order chi connectivity index (χ1) is 11.8. The van der Waals surface area contributed by atoms with Crippen LogP contribution < -0.4 is 0 Å². The molecular formula is C21H28O2S2. The van der Waals surface area contributed by atoms with E-state index in [1.165, 1.54) is 10.5 Å². The molecule has 0 fully saturated rings. The first-order valence-corrected chi connectivity index (χ1v) is 11.4. The third-order valence-electron chi connectivity index (χ3n) is 4.75. The van der Waals surface area contributed by atoms with E-state index in [4.69, 9.17) is 0 Å². The molecule has 4 heteroatoms. The second-order valence-electron chi connectivity index (χ2n) is 6.86. The smallest absolute Gasteiger partial charge is 0.178 e. The van der Waals surface area contributed by atoms with Gasteiger partial charge in [-0.1, -0.05) is 55.7 Å². The number of rotatable bonds is 8. The molecule has 0 aliphatic heterocycles. The molecule has 2 rings (SSSR count). The van der Waals surface area contributed by atoms with Gasteiger partial charge >= 0.3 is 0 Å². The van der Waals surface area contributed by atoms with Gasteiger partial charge in [0, 0.05) is 10.6 Å². The van der Waals surface area contributed by atoms with Crippen molar-refractivity contribution in [3.8, 4) is 0 Å². The van der Waals surface area contributed by atoms with E-state index in [0.717, 1.165) is 17.7 Å². The maximum atomic E-state index is 12.8. The van der Waals surface area contributed by atoms with Crippen molar-refractivity contribution in [2.45, 2.75) is 43.9 Å². The third kappa shape index (κ3) is 5.89. The fourth-order valence-corrected chi connectivity index (χ4v) is 5.76.